The van der Waals surface area contributed by atoms with Crippen molar-refractivity contribution in [2.75, 3.05) is 4.90 Å². The van der Waals surface area contributed by atoms with Crippen LogP contribution in [0.1, 0.15) is 36.5 Å². The molecule has 0 N–H and O–H groups in total. The van der Waals surface area contributed by atoms with E-state index in [1.165, 1.54) is 70.4 Å². The molecule has 0 saturated heterocycles. The molecule has 1 aromatic heterocycles. The van der Waals surface area contributed by atoms with Gasteiger partial charge in [-0.05, 0) is 77.1 Å². The van der Waals surface area contributed by atoms with Crippen molar-refractivity contribution in [3.8, 4) is 11.1 Å². The molecule has 0 fully saturated rings. The van der Waals surface area contributed by atoms with E-state index in [1.807, 2.05) is 11.3 Å². The van der Waals surface area contributed by atoms with E-state index in [0.29, 0.717) is 0 Å². The summed E-state index contributed by atoms with van der Waals surface area (Å²) in [5.74, 6) is 1.06. The molecule has 254 valence electrons. The summed E-state index contributed by atoms with van der Waals surface area (Å²) in [7, 11) is 0. The van der Waals surface area contributed by atoms with Gasteiger partial charge in [-0.25, -0.2) is 0 Å². The smallest absolute Gasteiger partial charge is 0.130 e. The lowest BCUT2D eigenvalue weighted by atomic mass is 9.63. The van der Waals surface area contributed by atoms with Gasteiger partial charge in [0.2, 0.25) is 0 Å². The second-order valence-electron chi connectivity index (χ2n) is 14.8. The van der Waals surface area contributed by atoms with Gasteiger partial charge in [0.15, 0.2) is 0 Å². The Hall–Kier alpha value is -5.90. The summed E-state index contributed by atoms with van der Waals surface area (Å²) in [6.45, 7) is 2.39. The predicted molar refractivity (Wildman–Crippen MR) is 221 cm³/mol. The lowest BCUT2D eigenvalue weighted by Gasteiger charge is -2.44. The zero-order valence-corrected chi connectivity index (χ0v) is 30.3. The average Bonchev–Trinajstić information content (AvgIpc) is 3.89. The van der Waals surface area contributed by atoms with Gasteiger partial charge in [-0.3, -0.25) is 0 Å². The average molecular weight is 700 g/mol. The number of ether oxygens (including phenoxy) is 1. The van der Waals surface area contributed by atoms with Crippen LogP contribution in [0.2, 0.25) is 0 Å². The Morgan fingerprint density at radius 3 is 2.08 bits per heavy atom. The zero-order valence-electron chi connectivity index (χ0n) is 29.5. The first-order valence-corrected chi connectivity index (χ1v) is 19.5. The van der Waals surface area contributed by atoms with Crippen molar-refractivity contribution in [1.29, 1.82) is 0 Å². The molecular weight excluding hydrogens is 663 g/mol. The number of anilines is 2. The van der Waals surface area contributed by atoms with Gasteiger partial charge in [-0.15, -0.1) is 11.3 Å². The molecule has 2 unspecified atom stereocenters. The maximum absolute atomic E-state index is 7.42. The number of thiophene rings is 1. The van der Waals surface area contributed by atoms with Gasteiger partial charge in [0.05, 0.1) is 11.1 Å². The fourth-order valence-corrected chi connectivity index (χ4v) is 11.1. The van der Waals surface area contributed by atoms with Crippen LogP contribution in [0.3, 0.4) is 0 Å². The standard InChI is InChI=1S/C50H37NOS/c1-49(51(34-19-6-3-7-20-34)42-28-15-31-45-47(42)37-23-10-13-30-44(37)53-45)32-16-24-38-46-41(27-14-29-43(46)52-48(38)49)50(33-17-4-2-5-18-33)39-25-11-8-21-35(39)36-22-9-12-26-40(36)50/h2-28,30-31,43H,29,32H2,1H3. The fourth-order valence-electron chi connectivity index (χ4n) is 9.93. The molecule has 7 aromatic rings. The number of allylic oxidation sites excluding steroid dienone is 3. The quantitative estimate of drug-likeness (QED) is 0.177. The van der Waals surface area contributed by atoms with Crippen molar-refractivity contribution >= 4 is 42.9 Å². The molecule has 2 atom stereocenters. The van der Waals surface area contributed by atoms with Crippen LogP contribution in [0.15, 0.2) is 198 Å². The van der Waals surface area contributed by atoms with E-state index >= 15 is 0 Å². The predicted octanol–water partition coefficient (Wildman–Crippen LogP) is 12.8. The second-order valence-corrected chi connectivity index (χ2v) is 15.9. The Balaban J connectivity index is 1.19. The molecule has 0 spiro atoms. The van der Waals surface area contributed by atoms with Crippen molar-refractivity contribution < 1.29 is 4.74 Å². The molecular formula is C50H37NOS. The highest BCUT2D eigenvalue weighted by Crippen LogP contribution is 2.61. The first kappa shape index (κ1) is 30.7. The van der Waals surface area contributed by atoms with Gasteiger partial charge in [-0.1, -0.05) is 146 Å². The molecule has 0 bridgehead atoms. The maximum Gasteiger partial charge on any atom is 0.130 e. The molecule has 6 aromatic carbocycles. The van der Waals surface area contributed by atoms with Crippen LogP contribution < -0.4 is 4.90 Å². The fraction of sp³-hybridized carbons (Fsp3) is 0.120. The molecule has 0 radical (unpaired) electrons. The highest BCUT2D eigenvalue weighted by Gasteiger charge is 2.53. The number of hydrogen-bond donors (Lipinski definition) is 0. The maximum atomic E-state index is 7.42. The molecule has 53 heavy (non-hydrogen) atoms. The summed E-state index contributed by atoms with van der Waals surface area (Å²) in [5.41, 5.74) is 11.8. The Labute approximate surface area is 314 Å². The van der Waals surface area contributed by atoms with E-state index in [0.717, 1.165) is 24.3 Å². The van der Waals surface area contributed by atoms with Crippen LogP contribution in [-0.2, 0) is 10.2 Å². The summed E-state index contributed by atoms with van der Waals surface area (Å²) in [5, 5.41) is 2.60. The Morgan fingerprint density at radius 1 is 0.642 bits per heavy atom. The van der Waals surface area contributed by atoms with E-state index < -0.39 is 11.0 Å². The molecule has 3 heteroatoms. The van der Waals surface area contributed by atoms with Gasteiger partial charge < -0.3 is 9.64 Å². The normalized spacial score (nSPS) is 20.7. The number of para-hydroxylation sites is 1. The summed E-state index contributed by atoms with van der Waals surface area (Å²) < 4.78 is 10.0. The summed E-state index contributed by atoms with van der Waals surface area (Å²) in [6.07, 6.45) is 11.1. The Morgan fingerprint density at radius 2 is 1.30 bits per heavy atom. The van der Waals surface area contributed by atoms with Crippen molar-refractivity contribution in [2.24, 2.45) is 0 Å². The highest BCUT2D eigenvalue weighted by atomic mass is 32.1. The van der Waals surface area contributed by atoms with Gasteiger partial charge in [0.1, 0.15) is 17.4 Å². The minimum absolute atomic E-state index is 0.0852. The molecule has 0 amide bonds. The van der Waals surface area contributed by atoms with E-state index in [9.17, 15) is 0 Å². The number of benzene rings is 6. The van der Waals surface area contributed by atoms with E-state index in [1.54, 1.807) is 0 Å². The molecule has 0 saturated carbocycles. The third kappa shape index (κ3) is 4.20. The number of nitrogens with zero attached hydrogens (tertiary/aromatic N) is 1. The number of rotatable bonds is 5. The van der Waals surface area contributed by atoms with Crippen LogP contribution in [0, 0.1) is 0 Å². The molecule has 3 aliphatic carbocycles. The summed E-state index contributed by atoms with van der Waals surface area (Å²) in [4.78, 5) is 2.57. The summed E-state index contributed by atoms with van der Waals surface area (Å²) in [6, 6.07) is 55.8. The van der Waals surface area contributed by atoms with Gasteiger partial charge in [-0.2, -0.15) is 0 Å². The lowest BCUT2D eigenvalue weighted by Crippen LogP contribution is -2.46. The first-order chi connectivity index (χ1) is 26.2. The Kier molecular flexibility index (Phi) is 6.69. The molecule has 2 nitrogen and oxygen atoms in total. The van der Waals surface area contributed by atoms with Crippen molar-refractivity contribution in [2.45, 2.75) is 36.8 Å². The number of hydrogen-bond acceptors (Lipinski definition) is 3. The molecule has 11 rings (SSSR count). The largest absolute Gasteiger partial charge is 0.487 e. The van der Waals surface area contributed by atoms with Gasteiger partial charge in [0, 0.05) is 43.4 Å². The molecule has 1 aliphatic heterocycles. The minimum Gasteiger partial charge on any atom is -0.487 e. The zero-order chi connectivity index (χ0) is 35.1. The van der Waals surface area contributed by atoms with E-state index in [4.69, 9.17) is 4.74 Å². The Bertz CT molecular complexity index is 2690. The van der Waals surface area contributed by atoms with Crippen molar-refractivity contribution in [1.82, 2.24) is 0 Å². The summed E-state index contributed by atoms with van der Waals surface area (Å²) >= 11 is 1.87. The van der Waals surface area contributed by atoms with Crippen LogP contribution >= 0.6 is 11.3 Å². The third-order valence-corrected chi connectivity index (χ3v) is 13.2. The second kappa shape index (κ2) is 11.6. The van der Waals surface area contributed by atoms with E-state index in [2.05, 4.69) is 188 Å². The molecule has 4 aliphatic rings. The van der Waals surface area contributed by atoms with Crippen LogP contribution in [0.25, 0.3) is 31.3 Å². The van der Waals surface area contributed by atoms with E-state index in [-0.39, 0.29) is 6.10 Å². The van der Waals surface area contributed by atoms with Gasteiger partial charge in [0.25, 0.3) is 0 Å². The third-order valence-electron chi connectivity index (χ3n) is 12.0. The van der Waals surface area contributed by atoms with Crippen molar-refractivity contribution in [3.05, 3.63) is 215 Å². The lowest BCUT2D eigenvalue weighted by molar-refractivity contribution is 0.133. The minimum atomic E-state index is -0.496. The topological polar surface area (TPSA) is 12.5 Å². The SMILES string of the molecule is CC1(N(c2ccccc2)c2cccc3sc4ccccc4c23)CC=CC2=C1OC1CC=CC(C3(c4ccccc4)c4ccccc4-c4ccccc43)=C21. The van der Waals surface area contributed by atoms with Crippen LogP contribution in [0.4, 0.5) is 11.4 Å². The monoisotopic (exact) mass is 699 g/mol. The van der Waals surface area contributed by atoms with Crippen LogP contribution in [0.5, 0.6) is 0 Å². The first-order valence-electron chi connectivity index (χ1n) is 18.7. The van der Waals surface area contributed by atoms with Crippen LogP contribution in [-0.4, -0.2) is 11.6 Å². The number of fused-ring (bicyclic) bond motifs is 8. The highest BCUT2D eigenvalue weighted by molar-refractivity contribution is 7.26. The molecule has 2 heterocycles. The van der Waals surface area contributed by atoms with Gasteiger partial charge >= 0.3 is 0 Å². The van der Waals surface area contributed by atoms with Crippen molar-refractivity contribution in [3.63, 3.8) is 0 Å².